The van der Waals surface area contributed by atoms with Crippen molar-refractivity contribution in [3.63, 3.8) is 0 Å². The lowest BCUT2D eigenvalue weighted by atomic mass is 10.0. The first-order valence-electron chi connectivity index (χ1n) is 3.85. The number of amides is 1. The van der Waals surface area contributed by atoms with Crippen LogP contribution < -0.4 is 0 Å². The minimum Gasteiger partial charge on any atom is -0.323 e. The maximum absolute atomic E-state index is 11.1. The Morgan fingerprint density at radius 2 is 2.25 bits per heavy atom. The quantitative estimate of drug-likeness (QED) is 0.572. The highest BCUT2D eigenvalue weighted by Gasteiger charge is 2.42. The van der Waals surface area contributed by atoms with Crippen LogP contribution in [0, 0.1) is 0 Å². The molecule has 0 aromatic heterocycles. The molecule has 0 aliphatic carbocycles. The van der Waals surface area contributed by atoms with Crippen LogP contribution in [0.1, 0.15) is 20.8 Å². The van der Waals surface area contributed by atoms with Gasteiger partial charge in [0.05, 0.1) is 5.88 Å². The molecule has 0 spiro atoms. The second kappa shape index (κ2) is 3.09. The SMILES string of the molecule is CC(=O)N1CSC(C)(C)[C@H]1C=O. The van der Waals surface area contributed by atoms with E-state index < -0.39 is 0 Å². The zero-order valence-corrected chi connectivity index (χ0v) is 8.35. The first kappa shape index (κ1) is 9.58. The largest absolute Gasteiger partial charge is 0.323 e. The van der Waals surface area contributed by atoms with Gasteiger partial charge in [0, 0.05) is 11.7 Å². The molecule has 1 fully saturated rings. The van der Waals surface area contributed by atoms with Crippen molar-refractivity contribution in [2.24, 2.45) is 0 Å². The average molecular weight is 187 g/mol. The first-order chi connectivity index (χ1) is 5.49. The Bertz CT molecular complexity index is 215. The molecule has 0 bridgehead atoms. The zero-order chi connectivity index (χ0) is 9.35. The van der Waals surface area contributed by atoms with E-state index in [0.717, 1.165) is 6.29 Å². The predicted molar refractivity (Wildman–Crippen MR) is 48.9 cm³/mol. The molecule has 3 nitrogen and oxygen atoms in total. The summed E-state index contributed by atoms with van der Waals surface area (Å²) in [4.78, 5) is 23.4. The third-order valence-corrected chi connectivity index (χ3v) is 3.55. The Morgan fingerprint density at radius 1 is 1.67 bits per heavy atom. The lowest BCUT2D eigenvalue weighted by molar-refractivity contribution is -0.133. The number of rotatable bonds is 1. The van der Waals surface area contributed by atoms with Gasteiger partial charge in [0.25, 0.3) is 0 Å². The van der Waals surface area contributed by atoms with Crippen molar-refractivity contribution in [3.8, 4) is 0 Å². The highest BCUT2D eigenvalue weighted by Crippen LogP contribution is 2.37. The van der Waals surface area contributed by atoms with Gasteiger partial charge in [0.2, 0.25) is 5.91 Å². The minimum atomic E-state index is -0.264. The molecule has 0 radical (unpaired) electrons. The van der Waals surface area contributed by atoms with Gasteiger partial charge in [-0.25, -0.2) is 0 Å². The second-order valence-electron chi connectivity index (χ2n) is 3.45. The Balaban J connectivity index is 2.83. The monoisotopic (exact) mass is 187 g/mol. The van der Waals surface area contributed by atoms with Crippen LogP contribution in [0.15, 0.2) is 0 Å². The number of thioether (sulfide) groups is 1. The first-order valence-corrected chi connectivity index (χ1v) is 4.84. The van der Waals surface area contributed by atoms with E-state index in [4.69, 9.17) is 0 Å². The number of aldehydes is 1. The van der Waals surface area contributed by atoms with Gasteiger partial charge in [-0.3, -0.25) is 4.79 Å². The highest BCUT2D eigenvalue weighted by atomic mass is 32.2. The molecule has 0 unspecified atom stereocenters. The van der Waals surface area contributed by atoms with Crippen LogP contribution in [0.2, 0.25) is 0 Å². The van der Waals surface area contributed by atoms with E-state index in [-0.39, 0.29) is 16.7 Å². The van der Waals surface area contributed by atoms with Crippen molar-refractivity contribution in [3.05, 3.63) is 0 Å². The topological polar surface area (TPSA) is 37.4 Å². The molecule has 0 saturated carbocycles. The summed E-state index contributed by atoms with van der Waals surface area (Å²) in [5.41, 5.74) is 0. The van der Waals surface area contributed by atoms with E-state index in [1.807, 2.05) is 13.8 Å². The van der Waals surface area contributed by atoms with Gasteiger partial charge >= 0.3 is 0 Å². The number of nitrogens with zero attached hydrogens (tertiary/aromatic N) is 1. The number of hydrogen-bond acceptors (Lipinski definition) is 3. The van der Waals surface area contributed by atoms with Crippen molar-refractivity contribution in [2.75, 3.05) is 5.88 Å². The summed E-state index contributed by atoms with van der Waals surface area (Å²) in [6.45, 7) is 5.47. The predicted octanol–water partition coefficient (Wildman–Crippen LogP) is 0.885. The summed E-state index contributed by atoms with van der Waals surface area (Å²) in [5, 5.41) is 0. The van der Waals surface area contributed by atoms with Gasteiger partial charge in [-0.05, 0) is 13.8 Å². The summed E-state index contributed by atoms with van der Waals surface area (Å²) < 4.78 is -0.132. The molecule has 1 saturated heterocycles. The van der Waals surface area contributed by atoms with Crippen LogP contribution in [0.4, 0.5) is 0 Å². The van der Waals surface area contributed by atoms with Crippen LogP contribution in [-0.2, 0) is 9.59 Å². The second-order valence-corrected chi connectivity index (χ2v) is 5.05. The molecule has 0 N–H and O–H groups in total. The molecular weight excluding hydrogens is 174 g/mol. The third-order valence-electron chi connectivity index (χ3n) is 2.16. The molecule has 1 heterocycles. The molecule has 1 amide bonds. The summed E-state index contributed by atoms with van der Waals surface area (Å²) >= 11 is 1.64. The number of hydrogen-bond donors (Lipinski definition) is 0. The molecule has 1 aliphatic heterocycles. The number of carbonyl (C=O) groups excluding carboxylic acids is 2. The van der Waals surface area contributed by atoms with Crippen LogP contribution in [0.3, 0.4) is 0 Å². The number of carbonyl (C=O) groups is 2. The van der Waals surface area contributed by atoms with Crippen LogP contribution in [0.25, 0.3) is 0 Å². The smallest absolute Gasteiger partial charge is 0.220 e. The standard InChI is InChI=1S/C8H13NO2S/c1-6(11)9-5-12-8(2,3)7(9)4-10/h4,7H,5H2,1-3H3/t7-/m1/s1. The van der Waals surface area contributed by atoms with Crippen molar-refractivity contribution in [1.29, 1.82) is 0 Å². The average Bonchev–Trinajstić information content (AvgIpc) is 2.24. The van der Waals surface area contributed by atoms with Crippen LogP contribution >= 0.6 is 11.8 Å². The van der Waals surface area contributed by atoms with Gasteiger partial charge in [-0.2, -0.15) is 0 Å². The molecule has 1 rings (SSSR count). The Labute approximate surface area is 76.5 Å². The van der Waals surface area contributed by atoms with Gasteiger partial charge < -0.3 is 9.69 Å². The van der Waals surface area contributed by atoms with E-state index in [2.05, 4.69) is 0 Å². The normalized spacial score (nSPS) is 27.2. The van der Waals surface area contributed by atoms with Crippen LogP contribution in [0.5, 0.6) is 0 Å². The summed E-state index contributed by atoms with van der Waals surface area (Å²) in [5.74, 6) is 0.608. The zero-order valence-electron chi connectivity index (χ0n) is 7.53. The Kier molecular flexibility index (Phi) is 2.46. The molecule has 0 aromatic rings. The molecule has 68 valence electrons. The van der Waals surface area contributed by atoms with Crippen molar-refractivity contribution in [1.82, 2.24) is 4.90 Å². The molecule has 12 heavy (non-hydrogen) atoms. The van der Waals surface area contributed by atoms with Crippen molar-refractivity contribution in [2.45, 2.75) is 31.6 Å². The minimum absolute atomic E-state index is 0.0230. The van der Waals surface area contributed by atoms with Crippen molar-refractivity contribution >= 4 is 24.0 Å². The summed E-state index contributed by atoms with van der Waals surface area (Å²) in [6, 6.07) is -0.264. The lowest BCUT2D eigenvalue weighted by Crippen LogP contribution is -2.43. The Hall–Kier alpha value is -0.510. The molecular formula is C8H13NO2S. The van der Waals surface area contributed by atoms with Gasteiger partial charge in [0.15, 0.2) is 0 Å². The van der Waals surface area contributed by atoms with Gasteiger partial charge in [-0.15, -0.1) is 11.8 Å². The Morgan fingerprint density at radius 3 is 2.58 bits per heavy atom. The van der Waals surface area contributed by atoms with E-state index in [0.29, 0.717) is 5.88 Å². The van der Waals surface area contributed by atoms with E-state index in [9.17, 15) is 9.59 Å². The van der Waals surface area contributed by atoms with E-state index >= 15 is 0 Å². The maximum Gasteiger partial charge on any atom is 0.220 e. The van der Waals surface area contributed by atoms with Gasteiger partial charge in [-0.1, -0.05) is 0 Å². The maximum atomic E-state index is 11.1. The summed E-state index contributed by atoms with van der Waals surface area (Å²) in [6.07, 6.45) is 0.862. The fourth-order valence-electron chi connectivity index (χ4n) is 1.30. The van der Waals surface area contributed by atoms with Crippen LogP contribution in [-0.4, -0.2) is 33.8 Å². The molecule has 1 aliphatic rings. The third kappa shape index (κ3) is 1.48. The molecule has 0 aromatic carbocycles. The fraction of sp³-hybridized carbons (Fsp3) is 0.750. The fourth-order valence-corrected chi connectivity index (χ4v) is 2.47. The molecule has 1 atom stereocenters. The van der Waals surface area contributed by atoms with E-state index in [1.165, 1.54) is 6.92 Å². The van der Waals surface area contributed by atoms with E-state index in [1.54, 1.807) is 16.7 Å². The van der Waals surface area contributed by atoms with Crippen molar-refractivity contribution < 1.29 is 9.59 Å². The summed E-state index contributed by atoms with van der Waals surface area (Å²) in [7, 11) is 0. The highest BCUT2D eigenvalue weighted by molar-refractivity contribution is 8.00. The van der Waals surface area contributed by atoms with Gasteiger partial charge in [0.1, 0.15) is 12.3 Å². The molecule has 4 heteroatoms. The lowest BCUT2D eigenvalue weighted by Gasteiger charge is -2.25.